The van der Waals surface area contributed by atoms with Crippen LogP contribution in [0.3, 0.4) is 0 Å². The van der Waals surface area contributed by atoms with Crippen molar-refractivity contribution in [1.29, 1.82) is 0 Å². The van der Waals surface area contributed by atoms with Crippen molar-refractivity contribution in [3.8, 4) is 0 Å². The van der Waals surface area contributed by atoms with Crippen LogP contribution < -0.4 is 5.32 Å². The summed E-state index contributed by atoms with van der Waals surface area (Å²) in [4.78, 5) is 45.3. The minimum absolute atomic E-state index is 0.0335. The number of aliphatic carboxylic acids is 1. The number of amides is 1. The fourth-order valence-corrected chi connectivity index (χ4v) is 1.80. The zero-order valence-electron chi connectivity index (χ0n) is 10.0. The normalized spacial score (nSPS) is 14.0. The third-order valence-corrected chi connectivity index (χ3v) is 2.67. The molecule has 1 aromatic rings. The lowest BCUT2D eigenvalue weighted by Gasteiger charge is -2.17. The summed E-state index contributed by atoms with van der Waals surface area (Å²) in [6, 6.07) is 5.88. The maximum Gasteiger partial charge on any atom is 0.312 e. The number of fused-ring (bicyclic) bond motifs is 1. The van der Waals surface area contributed by atoms with Crippen LogP contribution in [0.5, 0.6) is 0 Å². The van der Waals surface area contributed by atoms with Gasteiger partial charge in [0.25, 0.3) is 5.78 Å². The summed E-state index contributed by atoms with van der Waals surface area (Å²) >= 11 is 0. The average Bonchev–Trinajstić information content (AvgIpc) is 2.40. The molecule has 1 aliphatic rings. The molecule has 2 rings (SSSR count). The Bertz CT molecular complexity index is 673. The lowest BCUT2D eigenvalue weighted by Crippen LogP contribution is -2.36. The lowest BCUT2D eigenvalue weighted by molar-refractivity contribution is -0.140. The van der Waals surface area contributed by atoms with E-state index >= 15 is 0 Å². The highest BCUT2D eigenvalue weighted by Crippen LogP contribution is 2.26. The van der Waals surface area contributed by atoms with E-state index in [1.54, 1.807) is 6.07 Å². The Morgan fingerprint density at radius 2 is 1.65 bits per heavy atom. The van der Waals surface area contributed by atoms with Crippen LogP contribution in [0.25, 0.3) is 5.76 Å². The van der Waals surface area contributed by atoms with Crippen molar-refractivity contribution in [2.24, 2.45) is 0 Å². The Kier molecular flexibility index (Phi) is 3.34. The maximum absolute atomic E-state index is 11.8. The molecule has 1 aliphatic carbocycles. The van der Waals surface area contributed by atoms with Crippen molar-refractivity contribution in [2.75, 3.05) is 0 Å². The Morgan fingerprint density at radius 3 is 2.25 bits per heavy atom. The molecule has 0 unspecified atom stereocenters. The Labute approximate surface area is 112 Å². The van der Waals surface area contributed by atoms with Crippen LogP contribution >= 0.6 is 0 Å². The standard InChI is InChI=1S/C13H9NO6/c15-8(5-9(16)17)14-10-11(18)6-3-1-2-4-7(6)12(19)13(10)20/h1-4,18H,5H2,(H,14,15)(H,16,17). The zero-order valence-corrected chi connectivity index (χ0v) is 10.0. The molecule has 0 spiro atoms. The molecule has 0 atom stereocenters. The monoisotopic (exact) mass is 275 g/mol. The molecule has 1 aromatic carbocycles. The first-order valence-corrected chi connectivity index (χ1v) is 5.55. The van der Waals surface area contributed by atoms with Crippen molar-refractivity contribution in [3.05, 3.63) is 41.1 Å². The van der Waals surface area contributed by atoms with Crippen molar-refractivity contribution in [2.45, 2.75) is 6.42 Å². The molecule has 0 fully saturated rings. The maximum atomic E-state index is 11.8. The molecule has 0 aromatic heterocycles. The summed E-state index contributed by atoms with van der Waals surface area (Å²) in [6.07, 6.45) is -0.875. The highest BCUT2D eigenvalue weighted by atomic mass is 16.4. The van der Waals surface area contributed by atoms with Gasteiger partial charge in [0.05, 0.1) is 0 Å². The number of rotatable bonds is 3. The third kappa shape index (κ3) is 2.28. The van der Waals surface area contributed by atoms with Crippen molar-refractivity contribution in [3.63, 3.8) is 0 Å². The number of aliphatic hydroxyl groups excluding tert-OH is 1. The molecule has 0 aliphatic heterocycles. The lowest BCUT2D eigenvalue weighted by atomic mass is 9.91. The molecule has 20 heavy (non-hydrogen) atoms. The molecule has 0 bridgehead atoms. The number of allylic oxidation sites excluding steroid dienone is 1. The number of Topliss-reactive ketones (excluding diaryl/α,β-unsaturated/α-hetero) is 2. The van der Waals surface area contributed by atoms with Crippen LogP contribution in [-0.4, -0.2) is 33.7 Å². The first kappa shape index (κ1) is 13.5. The molecule has 0 saturated heterocycles. The average molecular weight is 275 g/mol. The van der Waals surface area contributed by atoms with Gasteiger partial charge in [0.1, 0.15) is 12.1 Å². The summed E-state index contributed by atoms with van der Waals surface area (Å²) in [5.41, 5.74) is -0.450. The van der Waals surface area contributed by atoms with Crippen LogP contribution in [0.1, 0.15) is 22.3 Å². The Balaban J connectivity index is 2.42. The molecule has 7 heteroatoms. The molecule has 0 radical (unpaired) electrons. The molecular formula is C13H9NO6. The van der Waals surface area contributed by atoms with Gasteiger partial charge in [-0.2, -0.15) is 0 Å². The number of carboxylic acids is 1. The summed E-state index contributed by atoms with van der Waals surface area (Å²) in [6.45, 7) is 0. The molecule has 3 N–H and O–H groups in total. The van der Waals surface area contributed by atoms with Gasteiger partial charge in [-0.3, -0.25) is 19.2 Å². The van der Waals surface area contributed by atoms with Crippen molar-refractivity contribution in [1.82, 2.24) is 5.32 Å². The number of hydrogen-bond donors (Lipinski definition) is 3. The van der Waals surface area contributed by atoms with Gasteiger partial charge in [-0.1, -0.05) is 24.3 Å². The molecule has 1 amide bonds. The predicted octanol–water partition coefficient (Wildman–Crippen LogP) is 0.270. The van der Waals surface area contributed by atoms with E-state index in [1.807, 2.05) is 5.32 Å². The van der Waals surface area contributed by atoms with Crippen LogP contribution in [0, 0.1) is 0 Å². The van der Waals surface area contributed by atoms with Gasteiger partial charge in [0.15, 0.2) is 5.76 Å². The van der Waals surface area contributed by atoms with Gasteiger partial charge in [0.2, 0.25) is 11.7 Å². The highest BCUT2D eigenvalue weighted by molar-refractivity contribution is 6.52. The second-order valence-corrected chi connectivity index (χ2v) is 4.05. The number of carbonyl (C=O) groups excluding carboxylic acids is 3. The van der Waals surface area contributed by atoms with Gasteiger partial charge in [-0.25, -0.2) is 0 Å². The SMILES string of the molecule is O=C(O)CC(=O)NC1=C(O)c2ccccc2C(=O)C1=O. The van der Waals surface area contributed by atoms with Crippen LogP contribution in [0.15, 0.2) is 30.0 Å². The number of carboxylic acid groups (broad SMARTS) is 1. The molecule has 0 saturated carbocycles. The first-order valence-electron chi connectivity index (χ1n) is 5.55. The van der Waals surface area contributed by atoms with E-state index in [0.29, 0.717) is 0 Å². The third-order valence-electron chi connectivity index (χ3n) is 2.67. The van der Waals surface area contributed by atoms with Crippen LogP contribution in [0.2, 0.25) is 0 Å². The highest BCUT2D eigenvalue weighted by Gasteiger charge is 2.33. The van der Waals surface area contributed by atoms with Crippen molar-refractivity contribution >= 4 is 29.2 Å². The number of benzene rings is 1. The van der Waals surface area contributed by atoms with Crippen molar-refractivity contribution < 1.29 is 29.4 Å². The fraction of sp³-hybridized carbons (Fsp3) is 0.0769. The Morgan fingerprint density at radius 1 is 1.05 bits per heavy atom. The van der Waals surface area contributed by atoms with Crippen LogP contribution in [0.4, 0.5) is 0 Å². The molecule has 7 nitrogen and oxygen atoms in total. The van der Waals surface area contributed by atoms with E-state index in [9.17, 15) is 24.3 Å². The topological polar surface area (TPSA) is 121 Å². The predicted molar refractivity (Wildman–Crippen MR) is 65.7 cm³/mol. The second kappa shape index (κ2) is 4.96. The molecular weight excluding hydrogens is 266 g/mol. The second-order valence-electron chi connectivity index (χ2n) is 4.05. The van der Waals surface area contributed by atoms with Crippen LogP contribution in [-0.2, 0) is 14.4 Å². The number of carbonyl (C=O) groups is 4. The van der Waals surface area contributed by atoms with Gasteiger partial charge < -0.3 is 15.5 Å². The van der Waals surface area contributed by atoms with E-state index in [-0.39, 0.29) is 11.1 Å². The number of aliphatic hydroxyl groups is 1. The largest absolute Gasteiger partial charge is 0.505 e. The smallest absolute Gasteiger partial charge is 0.312 e. The quantitative estimate of drug-likeness (QED) is 0.537. The summed E-state index contributed by atoms with van der Waals surface area (Å²) in [5, 5.41) is 20.4. The van der Waals surface area contributed by atoms with E-state index in [0.717, 1.165) is 0 Å². The van der Waals surface area contributed by atoms with Gasteiger partial charge in [-0.15, -0.1) is 0 Å². The zero-order chi connectivity index (χ0) is 14.9. The van der Waals surface area contributed by atoms with E-state index in [1.165, 1.54) is 18.2 Å². The number of hydrogen-bond acceptors (Lipinski definition) is 5. The summed E-state index contributed by atoms with van der Waals surface area (Å²) < 4.78 is 0. The Hall–Kier alpha value is -2.96. The molecule has 0 heterocycles. The van der Waals surface area contributed by atoms with Gasteiger partial charge in [-0.05, 0) is 0 Å². The fourth-order valence-electron chi connectivity index (χ4n) is 1.80. The number of ketones is 2. The van der Waals surface area contributed by atoms with E-state index in [4.69, 9.17) is 5.11 Å². The van der Waals surface area contributed by atoms with Gasteiger partial charge >= 0.3 is 5.97 Å². The first-order chi connectivity index (χ1) is 9.41. The van der Waals surface area contributed by atoms with E-state index in [2.05, 4.69) is 0 Å². The van der Waals surface area contributed by atoms with Gasteiger partial charge in [0, 0.05) is 11.1 Å². The number of nitrogens with one attached hydrogen (secondary N) is 1. The molecule has 102 valence electrons. The summed E-state index contributed by atoms with van der Waals surface area (Å²) in [7, 11) is 0. The summed E-state index contributed by atoms with van der Waals surface area (Å²) in [5.74, 6) is -4.90. The minimum Gasteiger partial charge on any atom is -0.505 e. The van der Waals surface area contributed by atoms with E-state index < -0.39 is 41.3 Å². The minimum atomic E-state index is -1.39.